The van der Waals surface area contributed by atoms with E-state index in [9.17, 15) is 9.18 Å². The highest BCUT2D eigenvalue weighted by atomic mass is 32.1. The van der Waals surface area contributed by atoms with Crippen LogP contribution in [-0.2, 0) is 6.54 Å². The highest BCUT2D eigenvalue weighted by molar-refractivity contribution is 7.22. The van der Waals surface area contributed by atoms with E-state index in [0.29, 0.717) is 15.5 Å². The van der Waals surface area contributed by atoms with Gasteiger partial charge in [0.25, 0.3) is 5.91 Å². The molecular weight excluding hydrogens is 389 g/mol. The second kappa shape index (κ2) is 7.71. The van der Waals surface area contributed by atoms with E-state index in [1.807, 2.05) is 32.9 Å². The predicted molar refractivity (Wildman–Crippen MR) is 112 cm³/mol. The van der Waals surface area contributed by atoms with Crippen LogP contribution in [0.15, 0.2) is 48.8 Å². The summed E-state index contributed by atoms with van der Waals surface area (Å²) in [5.41, 5.74) is 2.36. The molecule has 0 spiro atoms. The van der Waals surface area contributed by atoms with Gasteiger partial charge in [0, 0.05) is 18.4 Å². The number of aryl methyl sites for hydroxylation is 1. The second-order valence-corrected chi connectivity index (χ2v) is 8.05. The topological polar surface area (TPSA) is 63.9 Å². The van der Waals surface area contributed by atoms with Crippen molar-refractivity contribution >= 4 is 32.6 Å². The molecule has 3 heterocycles. The first-order chi connectivity index (χ1) is 13.9. The summed E-state index contributed by atoms with van der Waals surface area (Å²) < 4.78 is 16.6. The number of fused-ring (bicyclic) bond motifs is 1. The molecule has 0 bridgehead atoms. The maximum atomic E-state index is 14.2. The molecule has 148 valence electrons. The van der Waals surface area contributed by atoms with Crippen LogP contribution in [0.5, 0.6) is 0 Å². The molecule has 29 heavy (non-hydrogen) atoms. The van der Waals surface area contributed by atoms with E-state index in [0.717, 1.165) is 11.3 Å². The zero-order chi connectivity index (χ0) is 20.5. The van der Waals surface area contributed by atoms with Gasteiger partial charge in [0.2, 0.25) is 0 Å². The molecule has 1 amide bonds. The Balaban J connectivity index is 1.81. The fraction of sp³-hybridized carbons (Fsp3) is 0.238. The van der Waals surface area contributed by atoms with E-state index in [4.69, 9.17) is 0 Å². The number of aromatic nitrogens is 4. The van der Waals surface area contributed by atoms with Crippen molar-refractivity contribution in [2.75, 3.05) is 4.90 Å². The van der Waals surface area contributed by atoms with E-state index >= 15 is 0 Å². The fourth-order valence-electron chi connectivity index (χ4n) is 3.13. The number of nitrogens with zero attached hydrogens (tertiary/aromatic N) is 5. The van der Waals surface area contributed by atoms with Crippen molar-refractivity contribution in [1.29, 1.82) is 0 Å². The van der Waals surface area contributed by atoms with Crippen molar-refractivity contribution in [3.8, 4) is 0 Å². The number of benzene rings is 1. The summed E-state index contributed by atoms with van der Waals surface area (Å²) in [6, 6.07) is 10.3. The molecule has 0 fully saturated rings. The Bertz CT molecular complexity index is 1170. The van der Waals surface area contributed by atoms with Crippen molar-refractivity contribution in [3.63, 3.8) is 0 Å². The largest absolute Gasteiger partial charge is 0.278 e. The molecule has 0 saturated carbocycles. The van der Waals surface area contributed by atoms with Crippen LogP contribution in [-0.4, -0.2) is 25.7 Å². The molecule has 0 N–H and O–H groups in total. The normalized spacial score (nSPS) is 11.3. The Morgan fingerprint density at radius 1 is 1.28 bits per heavy atom. The zero-order valence-corrected chi connectivity index (χ0v) is 17.2. The summed E-state index contributed by atoms with van der Waals surface area (Å²) in [7, 11) is 0. The van der Waals surface area contributed by atoms with Gasteiger partial charge in [0.1, 0.15) is 17.0 Å². The molecule has 4 aromatic rings. The summed E-state index contributed by atoms with van der Waals surface area (Å²) in [4.78, 5) is 23.7. The van der Waals surface area contributed by atoms with Gasteiger partial charge in [-0.1, -0.05) is 23.5 Å². The molecule has 0 radical (unpaired) electrons. The van der Waals surface area contributed by atoms with E-state index in [1.165, 1.54) is 17.4 Å². The first-order valence-corrected chi connectivity index (χ1v) is 10.1. The molecular formula is C21H20FN5OS. The Kier molecular flexibility index (Phi) is 5.10. The molecule has 3 aromatic heterocycles. The number of rotatable bonds is 5. The van der Waals surface area contributed by atoms with Crippen molar-refractivity contribution < 1.29 is 9.18 Å². The quantitative estimate of drug-likeness (QED) is 0.477. The second-order valence-electron chi connectivity index (χ2n) is 7.04. The van der Waals surface area contributed by atoms with Crippen LogP contribution in [0.2, 0.25) is 0 Å². The van der Waals surface area contributed by atoms with Crippen LogP contribution < -0.4 is 4.90 Å². The van der Waals surface area contributed by atoms with Gasteiger partial charge in [-0.2, -0.15) is 5.10 Å². The number of carbonyl (C=O) groups is 1. The van der Waals surface area contributed by atoms with Gasteiger partial charge in [0.05, 0.1) is 16.9 Å². The number of hydrogen-bond acceptors (Lipinski definition) is 5. The lowest BCUT2D eigenvalue weighted by Gasteiger charge is -2.21. The number of hydrogen-bond donors (Lipinski definition) is 0. The predicted octanol–water partition coefficient (Wildman–Crippen LogP) is 4.76. The lowest BCUT2D eigenvalue weighted by atomic mass is 10.2. The van der Waals surface area contributed by atoms with Crippen molar-refractivity contribution in [2.45, 2.75) is 33.4 Å². The van der Waals surface area contributed by atoms with Gasteiger partial charge in [-0.15, -0.1) is 0 Å². The SMILES string of the molecule is Cc1cc(C(=O)N(Cc2cccnc2)c2nc3c(F)cccc3s2)n(C(C)C)n1. The monoisotopic (exact) mass is 409 g/mol. The zero-order valence-electron chi connectivity index (χ0n) is 16.3. The lowest BCUT2D eigenvalue weighted by molar-refractivity contribution is 0.0973. The molecule has 6 nitrogen and oxygen atoms in total. The van der Waals surface area contributed by atoms with Crippen LogP contribution in [0.3, 0.4) is 0 Å². The molecule has 0 saturated heterocycles. The number of anilines is 1. The maximum absolute atomic E-state index is 14.2. The Hall–Kier alpha value is -3.13. The van der Waals surface area contributed by atoms with Crippen molar-refractivity contribution in [2.24, 2.45) is 0 Å². The smallest absolute Gasteiger partial charge is 0.278 e. The molecule has 1 aromatic carbocycles. The third-order valence-corrected chi connectivity index (χ3v) is 5.51. The number of carbonyl (C=O) groups excluding carboxylic acids is 1. The molecule has 4 rings (SSSR count). The highest BCUT2D eigenvalue weighted by Gasteiger charge is 2.26. The van der Waals surface area contributed by atoms with Gasteiger partial charge in [-0.05, 0) is 50.6 Å². The van der Waals surface area contributed by atoms with Crippen LogP contribution in [0, 0.1) is 12.7 Å². The summed E-state index contributed by atoms with van der Waals surface area (Å²) in [6.45, 7) is 6.08. The summed E-state index contributed by atoms with van der Waals surface area (Å²) in [5.74, 6) is -0.635. The number of para-hydroxylation sites is 1. The minimum absolute atomic E-state index is 0.0238. The van der Waals surface area contributed by atoms with Crippen molar-refractivity contribution in [3.05, 3.63) is 71.6 Å². The lowest BCUT2D eigenvalue weighted by Crippen LogP contribution is -2.32. The Labute approximate surface area is 171 Å². The highest BCUT2D eigenvalue weighted by Crippen LogP contribution is 2.32. The Morgan fingerprint density at radius 3 is 2.79 bits per heavy atom. The van der Waals surface area contributed by atoms with Gasteiger partial charge in [-0.25, -0.2) is 9.37 Å². The molecule has 0 aliphatic heterocycles. The van der Waals surface area contributed by atoms with E-state index < -0.39 is 5.82 Å². The number of halogens is 1. The van der Waals surface area contributed by atoms with Crippen molar-refractivity contribution in [1.82, 2.24) is 19.7 Å². The molecule has 0 aliphatic carbocycles. The first kappa shape index (κ1) is 19.2. The van der Waals surface area contributed by atoms with Gasteiger partial charge < -0.3 is 0 Å². The van der Waals surface area contributed by atoms with Crippen LogP contribution >= 0.6 is 11.3 Å². The minimum Gasteiger partial charge on any atom is -0.278 e. The average Bonchev–Trinajstić information content (AvgIpc) is 3.31. The van der Waals surface area contributed by atoms with Gasteiger partial charge in [0.15, 0.2) is 5.13 Å². The summed E-state index contributed by atoms with van der Waals surface area (Å²) in [5, 5.41) is 4.89. The standard InChI is InChI=1S/C21H20FN5OS/c1-13(2)27-17(10-14(3)25-27)20(28)26(12-15-6-5-9-23-11-15)21-24-19-16(22)7-4-8-18(19)29-21/h4-11,13H,12H2,1-3H3. The maximum Gasteiger partial charge on any atom is 0.278 e. The minimum atomic E-state index is -0.401. The van der Waals surface area contributed by atoms with Crippen LogP contribution in [0.25, 0.3) is 10.2 Å². The third kappa shape index (κ3) is 3.75. The molecule has 0 atom stereocenters. The van der Waals surface area contributed by atoms with Crippen LogP contribution in [0.4, 0.5) is 9.52 Å². The first-order valence-electron chi connectivity index (χ1n) is 9.26. The van der Waals surface area contributed by atoms with E-state index in [1.54, 1.807) is 40.2 Å². The molecule has 8 heteroatoms. The number of amides is 1. The van der Waals surface area contributed by atoms with E-state index in [-0.39, 0.29) is 24.0 Å². The fourth-order valence-corrected chi connectivity index (χ4v) is 4.11. The van der Waals surface area contributed by atoms with Gasteiger partial charge in [-0.3, -0.25) is 19.4 Å². The summed E-state index contributed by atoms with van der Waals surface area (Å²) >= 11 is 1.29. The molecule has 0 unspecified atom stereocenters. The van der Waals surface area contributed by atoms with E-state index in [2.05, 4.69) is 15.1 Å². The van der Waals surface area contributed by atoms with Gasteiger partial charge >= 0.3 is 0 Å². The average molecular weight is 409 g/mol. The number of thiazole rings is 1. The molecule has 0 aliphatic rings. The third-order valence-electron chi connectivity index (χ3n) is 4.46. The number of pyridine rings is 1. The summed E-state index contributed by atoms with van der Waals surface area (Å²) in [6.07, 6.45) is 3.39. The van der Waals surface area contributed by atoms with Crippen LogP contribution in [0.1, 0.15) is 41.6 Å². The Morgan fingerprint density at radius 2 is 2.10 bits per heavy atom.